The third-order valence-corrected chi connectivity index (χ3v) is 2.07. The van der Waals surface area contributed by atoms with Gasteiger partial charge in [-0.05, 0) is 20.6 Å². The number of nitrogens with one attached hydrogen (secondary N) is 1. The molecule has 0 aromatic heterocycles. The third-order valence-electron chi connectivity index (χ3n) is 2.07. The Balaban J connectivity index is 4.85. The van der Waals surface area contributed by atoms with E-state index in [0.717, 1.165) is 0 Å². The lowest BCUT2D eigenvalue weighted by molar-refractivity contribution is -0.137. The van der Waals surface area contributed by atoms with Gasteiger partial charge < -0.3 is 0 Å². The summed E-state index contributed by atoms with van der Waals surface area (Å²) in [5, 5.41) is 2.90. The first kappa shape index (κ1) is 12.3. The summed E-state index contributed by atoms with van der Waals surface area (Å²) in [7, 11) is 3.43. The predicted molar refractivity (Wildman–Crippen MR) is 51.5 cm³/mol. The topological polar surface area (TPSA) is 49.4 Å². The van der Waals surface area contributed by atoms with Gasteiger partial charge in [0.05, 0.1) is 0 Å². The maximum absolute atomic E-state index is 11.6. The Morgan fingerprint density at radius 3 is 2.23 bits per heavy atom. The largest absolute Gasteiger partial charge is 0.299 e. The molecule has 0 aromatic rings. The molecule has 0 saturated carbocycles. The van der Waals surface area contributed by atoms with Gasteiger partial charge in [-0.25, -0.2) is 0 Å². The number of aldehydes is 1. The van der Waals surface area contributed by atoms with Crippen LogP contribution in [0.1, 0.15) is 20.3 Å². The van der Waals surface area contributed by atoms with Gasteiger partial charge in [-0.3, -0.25) is 19.8 Å². The highest BCUT2D eigenvalue weighted by Crippen LogP contribution is 2.08. The second kappa shape index (κ2) is 5.09. The molecule has 1 atom stereocenters. The lowest BCUT2D eigenvalue weighted by atomic mass is 10.0. The van der Waals surface area contributed by atoms with Crippen LogP contribution >= 0.6 is 0 Å². The van der Waals surface area contributed by atoms with Crippen LogP contribution in [0.4, 0.5) is 0 Å². The van der Waals surface area contributed by atoms with Crippen LogP contribution in [-0.4, -0.2) is 43.3 Å². The van der Waals surface area contributed by atoms with Crippen LogP contribution in [0.5, 0.6) is 0 Å². The van der Waals surface area contributed by atoms with Crippen molar-refractivity contribution < 1.29 is 9.59 Å². The minimum atomic E-state index is -1.14. The minimum Gasteiger partial charge on any atom is -0.299 e. The Morgan fingerprint density at radius 2 is 2.00 bits per heavy atom. The highest BCUT2D eigenvalue weighted by Gasteiger charge is 2.38. The summed E-state index contributed by atoms with van der Waals surface area (Å²) in [6, 6.07) is 0. The van der Waals surface area contributed by atoms with Crippen molar-refractivity contribution in [1.29, 1.82) is 0 Å². The molecule has 0 bridgehead atoms. The number of carbonyl (C=O) groups is 2. The monoisotopic (exact) mass is 186 g/mol. The summed E-state index contributed by atoms with van der Waals surface area (Å²) in [6.07, 6.45) is 1.02. The molecule has 0 heterocycles. The summed E-state index contributed by atoms with van der Waals surface area (Å²) in [5.74, 6) is -0.102. The molecule has 76 valence electrons. The van der Waals surface area contributed by atoms with Crippen LogP contribution in [0.3, 0.4) is 0 Å². The zero-order valence-corrected chi connectivity index (χ0v) is 8.76. The molecule has 0 aliphatic heterocycles. The molecule has 4 nitrogen and oxygen atoms in total. The zero-order valence-electron chi connectivity index (χ0n) is 8.76. The molecule has 4 heteroatoms. The van der Waals surface area contributed by atoms with Crippen molar-refractivity contribution >= 4 is 12.1 Å². The van der Waals surface area contributed by atoms with Gasteiger partial charge in [-0.2, -0.15) is 0 Å². The van der Waals surface area contributed by atoms with Crippen LogP contribution in [0.15, 0.2) is 0 Å². The van der Waals surface area contributed by atoms with Crippen molar-refractivity contribution in [2.45, 2.75) is 25.9 Å². The van der Waals surface area contributed by atoms with E-state index < -0.39 is 5.66 Å². The Hall–Kier alpha value is -0.740. The molecule has 0 saturated heterocycles. The fourth-order valence-electron chi connectivity index (χ4n) is 1.26. The van der Waals surface area contributed by atoms with Gasteiger partial charge >= 0.3 is 0 Å². The fourth-order valence-corrected chi connectivity index (χ4v) is 1.26. The molecule has 0 amide bonds. The minimum absolute atomic E-state index is 0.102. The third kappa shape index (κ3) is 2.35. The Labute approximate surface area is 79.3 Å². The molecular formula is C9H18N2O2. The normalized spacial score (nSPS) is 15.5. The molecule has 0 aliphatic rings. The van der Waals surface area contributed by atoms with Gasteiger partial charge in [0.15, 0.2) is 17.7 Å². The van der Waals surface area contributed by atoms with Gasteiger partial charge in [0.2, 0.25) is 0 Å². The van der Waals surface area contributed by atoms with Crippen molar-refractivity contribution in [2.75, 3.05) is 20.6 Å². The van der Waals surface area contributed by atoms with Crippen molar-refractivity contribution in [3.63, 3.8) is 0 Å². The lowest BCUT2D eigenvalue weighted by Gasteiger charge is -2.33. The molecule has 0 aromatic carbocycles. The van der Waals surface area contributed by atoms with E-state index in [2.05, 4.69) is 5.32 Å². The predicted octanol–water partition coefficient (Wildman–Crippen LogP) is 0.0318. The molecule has 13 heavy (non-hydrogen) atoms. The van der Waals surface area contributed by atoms with Gasteiger partial charge in [0, 0.05) is 6.42 Å². The lowest BCUT2D eigenvalue weighted by Crippen LogP contribution is -2.62. The van der Waals surface area contributed by atoms with E-state index >= 15 is 0 Å². The molecule has 0 fully saturated rings. The smallest absolute Gasteiger partial charge is 0.188 e. The van der Waals surface area contributed by atoms with Crippen LogP contribution in [0, 0.1) is 0 Å². The molecule has 1 N–H and O–H groups in total. The summed E-state index contributed by atoms with van der Waals surface area (Å²) in [4.78, 5) is 24.1. The fraction of sp³-hybridized carbons (Fsp3) is 0.778. The van der Waals surface area contributed by atoms with Crippen molar-refractivity contribution in [3.05, 3.63) is 0 Å². The standard InChI is InChI=1S/C9H18N2O2/c1-5-8(13)9(7-12,10-6-2)11(3)4/h7,10H,5-6H2,1-4H3. The number of rotatable bonds is 6. The van der Waals surface area contributed by atoms with E-state index in [4.69, 9.17) is 0 Å². The average molecular weight is 186 g/mol. The van der Waals surface area contributed by atoms with E-state index in [1.165, 1.54) is 0 Å². The SMILES string of the molecule is CCNC(C=O)(C(=O)CC)N(C)C. The van der Waals surface area contributed by atoms with E-state index in [-0.39, 0.29) is 5.78 Å². The van der Waals surface area contributed by atoms with E-state index in [1.807, 2.05) is 6.92 Å². The van der Waals surface area contributed by atoms with Gasteiger partial charge in [-0.15, -0.1) is 0 Å². The number of hydrogen-bond acceptors (Lipinski definition) is 4. The molecule has 0 radical (unpaired) electrons. The van der Waals surface area contributed by atoms with Crippen LogP contribution in [-0.2, 0) is 9.59 Å². The molecule has 0 aliphatic carbocycles. The second-order valence-corrected chi connectivity index (χ2v) is 3.09. The quantitative estimate of drug-likeness (QED) is 0.361. The van der Waals surface area contributed by atoms with Crippen molar-refractivity contribution in [2.24, 2.45) is 0 Å². The first-order valence-corrected chi connectivity index (χ1v) is 4.47. The molecule has 0 spiro atoms. The van der Waals surface area contributed by atoms with E-state index in [0.29, 0.717) is 19.3 Å². The number of nitrogens with zero attached hydrogens (tertiary/aromatic N) is 1. The number of likely N-dealkylation sites (N-methyl/N-ethyl adjacent to an activating group) is 2. The van der Waals surface area contributed by atoms with Gasteiger partial charge in [0.25, 0.3) is 0 Å². The van der Waals surface area contributed by atoms with Crippen LogP contribution in [0.2, 0.25) is 0 Å². The Morgan fingerprint density at radius 1 is 1.46 bits per heavy atom. The maximum atomic E-state index is 11.6. The summed E-state index contributed by atoms with van der Waals surface area (Å²) in [5.41, 5.74) is -1.14. The van der Waals surface area contributed by atoms with Gasteiger partial charge in [0.1, 0.15) is 0 Å². The van der Waals surface area contributed by atoms with Crippen LogP contribution < -0.4 is 5.32 Å². The first-order valence-electron chi connectivity index (χ1n) is 4.47. The van der Waals surface area contributed by atoms with E-state index in [9.17, 15) is 9.59 Å². The van der Waals surface area contributed by atoms with Crippen LogP contribution in [0.25, 0.3) is 0 Å². The molecular weight excluding hydrogens is 168 g/mol. The number of ketones is 1. The summed E-state index contributed by atoms with van der Waals surface area (Å²) in [6.45, 7) is 4.20. The maximum Gasteiger partial charge on any atom is 0.188 e. The highest BCUT2D eigenvalue weighted by molar-refractivity contribution is 6.02. The molecule has 1 unspecified atom stereocenters. The highest BCUT2D eigenvalue weighted by atomic mass is 16.2. The summed E-state index contributed by atoms with van der Waals surface area (Å²) < 4.78 is 0. The number of Topliss-reactive ketones (excluding diaryl/α,β-unsaturated/α-hetero) is 1. The average Bonchev–Trinajstić information content (AvgIpc) is 2.12. The Bertz CT molecular complexity index is 192. The molecule has 0 rings (SSSR count). The second-order valence-electron chi connectivity index (χ2n) is 3.09. The van der Waals surface area contributed by atoms with Crippen molar-refractivity contribution in [1.82, 2.24) is 10.2 Å². The zero-order chi connectivity index (χ0) is 10.5. The number of hydrogen-bond donors (Lipinski definition) is 1. The summed E-state index contributed by atoms with van der Waals surface area (Å²) >= 11 is 0. The van der Waals surface area contributed by atoms with Gasteiger partial charge in [-0.1, -0.05) is 13.8 Å². The first-order chi connectivity index (χ1) is 6.05. The Kier molecular flexibility index (Phi) is 4.80. The van der Waals surface area contributed by atoms with Crippen molar-refractivity contribution in [3.8, 4) is 0 Å². The van der Waals surface area contributed by atoms with E-state index in [1.54, 1.807) is 25.9 Å². The number of carbonyl (C=O) groups excluding carboxylic acids is 2.